The van der Waals surface area contributed by atoms with Crippen molar-refractivity contribution in [2.24, 2.45) is 0 Å². The van der Waals surface area contributed by atoms with Crippen molar-refractivity contribution in [1.82, 2.24) is 5.32 Å². The van der Waals surface area contributed by atoms with Gasteiger partial charge in [0.15, 0.2) is 5.76 Å². The van der Waals surface area contributed by atoms with Gasteiger partial charge in [-0.1, -0.05) is 13.0 Å². The summed E-state index contributed by atoms with van der Waals surface area (Å²) in [5.41, 5.74) is -0.902. The first-order valence-corrected chi connectivity index (χ1v) is 7.30. The highest BCUT2D eigenvalue weighted by molar-refractivity contribution is 5.91. The molecule has 6 heteroatoms. The van der Waals surface area contributed by atoms with Gasteiger partial charge in [-0.2, -0.15) is 0 Å². The van der Waals surface area contributed by atoms with Crippen molar-refractivity contribution in [3.63, 3.8) is 0 Å². The molecule has 2 N–H and O–H groups in total. The number of hydrogen-bond acceptors (Lipinski definition) is 3. The number of nitrogens with one attached hydrogen (secondary N) is 1. The van der Waals surface area contributed by atoms with E-state index in [4.69, 9.17) is 4.42 Å². The highest BCUT2D eigenvalue weighted by Crippen LogP contribution is 2.24. The first-order valence-electron chi connectivity index (χ1n) is 7.30. The number of rotatable bonds is 5. The van der Waals surface area contributed by atoms with Crippen molar-refractivity contribution in [3.8, 4) is 0 Å². The molecule has 2 rings (SSSR count). The molecule has 1 aromatic heterocycles. The Balaban J connectivity index is 2.10. The van der Waals surface area contributed by atoms with Crippen LogP contribution in [0.1, 0.15) is 41.3 Å². The lowest BCUT2D eigenvalue weighted by Gasteiger charge is -2.24. The summed E-state index contributed by atoms with van der Waals surface area (Å²) in [5.74, 6) is -1.26. The van der Waals surface area contributed by atoms with E-state index >= 15 is 0 Å². The van der Waals surface area contributed by atoms with E-state index in [1.54, 1.807) is 6.07 Å². The number of aryl methyl sites for hydroxylation is 2. The number of benzene rings is 1. The molecule has 1 amide bonds. The maximum Gasteiger partial charge on any atom is 0.287 e. The van der Waals surface area contributed by atoms with Crippen molar-refractivity contribution >= 4 is 5.91 Å². The van der Waals surface area contributed by atoms with Gasteiger partial charge in [-0.05, 0) is 31.5 Å². The Bertz CT molecular complexity index is 723. The van der Waals surface area contributed by atoms with Crippen molar-refractivity contribution in [2.75, 3.05) is 6.54 Å². The second-order valence-electron chi connectivity index (χ2n) is 5.65. The van der Waals surface area contributed by atoms with E-state index in [-0.39, 0.29) is 17.9 Å². The second kappa shape index (κ2) is 6.50. The van der Waals surface area contributed by atoms with Crippen LogP contribution in [0.25, 0.3) is 0 Å². The average molecular weight is 323 g/mol. The minimum atomic E-state index is -1.68. The fraction of sp³-hybridized carbons (Fsp3) is 0.353. The summed E-state index contributed by atoms with van der Waals surface area (Å²) < 4.78 is 32.1. The summed E-state index contributed by atoms with van der Waals surface area (Å²) in [6, 6.07) is 4.51. The lowest BCUT2D eigenvalue weighted by molar-refractivity contribution is 0.0487. The topological polar surface area (TPSA) is 62.5 Å². The van der Waals surface area contributed by atoms with Crippen molar-refractivity contribution in [1.29, 1.82) is 0 Å². The van der Waals surface area contributed by atoms with E-state index in [1.807, 2.05) is 13.8 Å². The van der Waals surface area contributed by atoms with Crippen molar-refractivity contribution in [3.05, 3.63) is 58.5 Å². The van der Waals surface area contributed by atoms with Gasteiger partial charge in [0.1, 0.15) is 23.0 Å². The average Bonchev–Trinajstić information content (AvgIpc) is 2.85. The van der Waals surface area contributed by atoms with E-state index in [1.165, 1.54) is 6.92 Å². The SMILES string of the molecule is CCc1oc(C(=O)NCC(C)(O)c2ccc(F)cc2F)cc1C. The zero-order valence-electron chi connectivity index (χ0n) is 13.2. The summed E-state index contributed by atoms with van der Waals surface area (Å²) in [5, 5.41) is 12.9. The highest BCUT2D eigenvalue weighted by atomic mass is 19.1. The van der Waals surface area contributed by atoms with Crippen LogP contribution >= 0.6 is 0 Å². The van der Waals surface area contributed by atoms with Crippen LogP contribution in [0.15, 0.2) is 28.7 Å². The molecule has 0 saturated carbocycles. The fourth-order valence-electron chi connectivity index (χ4n) is 2.34. The predicted molar refractivity (Wildman–Crippen MR) is 81.1 cm³/mol. The zero-order chi connectivity index (χ0) is 17.2. The Labute approximate surface area is 133 Å². The number of carbonyl (C=O) groups excluding carboxylic acids is 1. The van der Waals surface area contributed by atoms with Crippen molar-refractivity contribution in [2.45, 2.75) is 32.8 Å². The lowest BCUT2D eigenvalue weighted by atomic mass is 9.95. The molecule has 0 aliphatic heterocycles. The molecule has 4 nitrogen and oxygen atoms in total. The zero-order valence-corrected chi connectivity index (χ0v) is 13.2. The minimum Gasteiger partial charge on any atom is -0.456 e. The summed E-state index contributed by atoms with van der Waals surface area (Å²) in [6.07, 6.45) is 0.664. The van der Waals surface area contributed by atoms with Crippen LogP contribution < -0.4 is 5.32 Å². The maximum atomic E-state index is 13.8. The third-order valence-corrected chi connectivity index (χ3v) is 3.67. The molecule has 1 unspecified atom stereocenters. The molecule has 0 aliphatic rings. The van der Waals surface area contributed by atoms with E-state index in [0.717, 1.165) is 17.7 Å². The normalized spacial score (nSPS) is 13.7. The number of halogens is 2. The summed E-state index contributed by atoms with van der Waals surface area (Å²) in [4.78, 5) is 12.1. The number of hydrogen-bond donors (Lipinski definition) is 2. The third kappa shape index (κ3) is 3.76. The van der Waals surface area contributed by atoms with Gasteiger partial charge in [-0.25, -0.2) is 8.78 Å². The number of amides is 1. The molecule has 23 heavy (non-hydrogen) atoms. The number of aliphatic hydroxyl groups is 1. The van der Waals surface area contributed by atoms with Gasteiger partial charge < -0.3 is 14.8 Å². The standard InChI is InChI=1S/C17H19F2NO3/c1-4-14-10(2)7-15(23-14)16(21)20-9-17(3,22)12-6-5-11(18)8-13(12)19/h5-8,22H,4,9H2,1-3H3,(H,20,21). The smallest absolute Gasteiger partial charge is 0.287 e. The van der Waals surface area contributed by atoms with E-state index in [0.29, 0.717) is 18.2 Å². The predicted octanol–water partition coefficient (Wildman–Crippen LogP) is 3.07. The molecule has 0 aliphatic carbocycles. The minimum absolute atomic E-state index is 0.0935. The van der Waals surface area contributed by atoms with Gasteiger partial charge in [0, 0.05) is 18.1 Å². The molecule has 1 atom stereocenters. The van der Waals surface area contributed by atoms with Crippen LogP contribution in [0, 0.1) is 18.6 Å². The lowest BCUT2D eigenvalue weighted by Crippen LogP contribution is -2.39. The molecular formula is C17H19F2NO3. The van der Waals surface area contributed by atoms with Gasteiger partial charge >= 0.3 is 0 Å². The third-order valence-electron chi connectivity index (χ3n) is 3.67. The first-order chi connectivity index (χ1) is 10.7. The van der Waals surface area contributed by atoms with Gasteiger partial charge in [0.05, 0.1) is 6.54 Å². The monoisotopic (exact) mass is 323 g/mol. The van der Waals surface area contributed by atoms with Crippen LogP contribution in [0.3, 0.4) is 0 Å². The molecule has 0 fully saturated rings. The summed E-state index contributed by atoms with van der Waals surface area (Å²) in [6.45, 7) is 4.85. The fourth-order valence-corrected chi connectivity index (χ4v) is 2.34. The molecule has 1 heterocycles. The second-order valence-corrected chi connectivity index (χ2v) is 5.65. The summed E-state index contributed by atoms with van der Waals surface area (Å²) >= 11 is 0. The Morgan fingerprint density at radius 1 is 1.35 bits per heavy atom. The number of carbonyl (C=O) groups is 1. The molecule has 0 radical (unpaired) electrons. The molecule has 2 aromatic rings. The van der Waals surface area contributed by atoms with Crippen LogP contribution in [0.2, 0.25) is 0 Å². The van der Waals surface area contributed by atoms with Gasteiger partial charge in [0.2, 0.25) is 0 Å². The van der Waals surface area contributed by atoms with Crippen LogP contribution in [0.4, 0.5) is 8.78 Å². The van der Waals surface area contributed by atoms with Gasteiger partial charge in [0.25, 0.3) is 5.91 Å². The molecule has 1 aromatic carbocycles. The first kappa shape index (κ1) is 17.1. The molecule has 0 bridgehead atoms. The van der Waals surface area contributed by atoms with Crippen LogP contribution in [-0.4, -0.2) is 17.6 Å². The Morgan fingerprint density at radius 2 is 2.04 bits per heavy atom. The largest absolute Gasteiger partial charge is 0.456 e. The quantitative estimate of drug-likeness (QED) is 0.889. The molecule has 0 spiro atoms. The summed E-state index contributed by atoms with van der Waals surface area (Å²) in [7, 11) is 0. The van der Waals surface area contributed by atoms with E-state index in [9.17, 15) is 18.7 Å². The van der Waals surface area contributed by atoms with Crippen LogP contribution in [0.5, 0.6) is 0 Å². The Hall–Kier alpha value is -2.21. The highest BCUT2D eigenvalue weighted by Gasteiger charge is 2.28. The Kier molecular flexibility index (Phi) is 4.85. The van der Waals surface area contributed by atoms with E-state index < -0.39 is 23.1 Å². The Morgan fingerprint density at radius 3 is 2.61 bits per heavy atom. The molecule has 124 valence electrons. The van der Waals surface area contributed by atoms with Gasteiger partial charge in [-0.3, -0.25) is 4.79 Å². The van der Waals surface area contributed by atoms with Crippen molar-refractivity contribution < 1.29 is 23.1 Å². The number of furan rings is 1. The van der Waals surface area contributed by atoms with E-state index in [2.05, 4.69) is 5.32 Å². The maximum absolute atomic E-state index is 13.8. The van der Waals surface area contributed by atoms with Gasteiger partial charge in [-0.15, -0.1) is 0 Å². The molecular weight excluding hydrogens is 304 g/mol. The molecule has 0 saturated heterocycles. The van der Waals surface area contributed by atoms with Crippen LogP contribution in [-0.2, 0) is 12.0 Å².